The highest BCUT2D eigenvalue weighted by Crippen LogP contribution is 2.49. The standard InChI is InChI=1S/C28H28F2N2O3/c1-34-21-5-3-4-20(15-21)27(33)32-18-28(23-16-22(35-2)7-9-26(23)32)10-12-31(13-11-28)17-19-6-8-24(29)25(30)14-19/h3-9,14-16H,10-13,17-18H2,1-2H3. The second-order valence-corrected chi connectivity index (χ2v) is 9.31. The van der Waals surface area contributed by atoms with E-state index in [1.165, 1.54) is 12.1 Å². The smallest absolute Gasteiger partial charge is 0.258 e. The minimum Gasteiger partial charge on any atom is -0.497 e. The van der Waals surface area contributed by atoms with Crippen LogP contribution in [0.2, 0.25) is 0 Å². The number of carbonyl (C=O) groups excluding carboxylic acids is 1. The molecule has 0 atom stereocenters. The molecule has 3 aromatic carbocycles. The monoisotopic (exact) mass is 478 g/mol. The predicted octanol–water partition coefficient (Wildman–Crippen LogP) is 5.18. The number of hydrogen-bond donors (Lipinski definition) is 0. The van der Waals surface area contributed by atoms with Crippen molar-refractivity contribution in [1.29, 1.82) is 0 Å². The van der Waals surface area contributed by atoms with Gasteiger partial charge >= 0.3 is 0 Å². The number of carbonyl (C=O) groups is 1. The van der Waals surface area contributed by atoms with E-state index in [0.29, 0.717) is 24.4 Å². The average Bonchev–Trinajstić information content (AvgIpc) is 3.20. The summed E-state index contributed by atoms with van der Waals surface area (Å²) in [6.45, 7) is 2.73. The number of anilines is 1. The number of halogens is 2. The van der Waals surface area contributed by atoms with Gasteiger partial charge in [0.15, 0.2) is 11.6 Å². The Morgan fingerprint density at radius 3 is 2.37 bits per heavy atom. The lowest BCUT2D eigenvalue weighted by Gasteiger charge is -2.40. The van der Waals surface area contributed by atoms with E-state index in [-0.39, 0.29) is 11.3 Å². The molecule has 182 valence electrons. The third-order valence-electron chi connectivity index (χ3n) is 7.29. The molecule has 2 aliphatic heterocycles. The highest BCUT2D eigenvalue weighted by molar-refractivity contribution is 6.08. The maximum atomic E-state index is 13.7. The van der Waals surface area contributed by atoms with Gasteiger partial charge in [0.1, 0.15) is 11.5 Å². The fraction of sp³-hybridized carbons (Fsp3) is 0.321. The molecular formula is C28H28F2N2O3. The summed E-state index contributed by atoms with van der Waals surface area (Å²) in [5, 5.41) is 0. The zero-order valence-corrected chi connectivity index (χ0v) is 19.9. The first kappa shape index (κ1) is 23.3. The lowest BCUT2D eigenvalue weighted by molar-refractivity contribution is 0.0975. The van der Waals surface area contributed by atoms with Crippen LogP contribution in [0.4, 0.5) is 14.5 Å². The van der Waals surface area contributed by atoms with E-state index in [1.54, 1.807) is 26.4 Å². The molecular weight excluding hydrogens is 450 g/mol. The molecule has 0 radical (unpaired) electrons. The largest absolute Gasteiger partial charge is 0.497 e. The molecule has 7 heteroatoms. The molecule has 0 bridgehead atoms. The summed E-state index contributed by atoms with van der Waals surface area (Å²) in [5.41, 5.74) is 3.18. The first-order chi connectivity index (χ1) is 16.9. The topological polar surface area (TPSA) is 42.0 Å². The summed E-state index contributed by atoms with van der Waals surface area (Å²) >= 11 is 0. The first-order valence-electron chi connectivity index (χ1n) is 11.7. The molecule has 2 heterocycles. The summed E-state index contributed by atoms with van der Waals surface area (Å²) in [5.74, 6) is -0.298. The Bertz CT molecular complexity index is 1250. The van der Waals surface area contributed by atoms with Crippen LogP contribution < -0.4 is 14.4 Å². The quantitative estimate of drug-likeness (QED) is 0.507. The lowest BCUT2D eigenvalue weighted by Crippen LogP contribution is -2.45. The van der Waals surface area contributed by atoms with Crippen LogP contribution in [0.15, 0.2) is 60.7 Å². The fourth-order valence-electron chi connectivity index (χ4n) is 5.33. The Labute approximate surface area is 203 Å². The molecule has 0 aromatic heterocycles. The van der Waals surface area contributed by atoms with Crippen molar-refractivity contribution in [1.82, 2.24) is 4.90 Å². The zero-order chi connectivity index (χ0) is 24.6. The molecule has 1 spiro atoms. The Balaban J connectivity index is 1.39. The number of nitrogens with zero attached hydrogens (tertiary/aromatic N) is 2. The van der Waals surface area contributed by atoms with Crippen LogP contribution in [0, 0.1) is 11.6 Å². The molecule has 1 amide bonds. The number of amides is 1. The van der Waals surface area contributed by atoms with Crippen LogP contribution in [0.5, 0.6) is 11.5 Å². The van der Waals surface area contributed by atoms with Gasteiger partial charge in [0, 0.05) is 29.8 Å². The summed E-state index contributed by atoms with van der Waals surface area (Å²) in [6, 6.07) is 17.2. The number of ether oxygens (including phenoxy) is 2. The third kappa shape index (κ3) is 4.36. The highest BCUT2D eigenvalue weighted by atomic mass is 19.2. The van der Waals surface area contributed by atoms with Crippen LogP contribution in [0.1, 0.15) is 34.3 Å². The molecule has 5 rings (SSSR count). The van der Waals surface area contributed by atoms with Gasteiger partial charge in [-0.2, -0.15) is 0 Å². The maximum absolute atomic E-state index is 13.7. The van der Waals surface area contributed by atoms with E-state index < -0.39 is 11.6 Å². The van der Waals surface area contributed by atoms with Crippen molar-refractivity contribution in [3.63, 3.8) is 0 Å². The van der Waals surface area contributed by atoms with E-state index in [2.05, 4.69) is 11.0 Å². The molecule has 0 aliphatic carbocycles. The second-order valence-electron chi connectivity index (χ2n) is 9.31. The Hall–Kier alpha value is -3.45. The number of rotatable bonds is 5. The van der Waals surface area contributed by atoms with Gasteiger partial charge < -0.3 is 14.4 Å². The molecule has 1 saturated heterocycles. The van der Waals surface area contributed by atoms with Crippen LogP contribution >= 0.6 is 0 Å². The number of hydrogen-bond acceptors (Lipinski definition) is 4. The van der Waals surface area contributed by atoms with Gasteiger partial charge in [-0.15, -0.1) is 0 Å². The molecule has 2 aliphatic rings. The Kier molecular flexibility index (Phi) is 6.19. The van der Waals surface area contributed by atoms with Crippen LogP contribution in [-0.2, 0) is 12.0 Å². The van der Waals surface area contributed by atoms with Gasteiger partial charge in [0.25, 0.3) is 5.91 Å². The predicted molar refractivity (Wildman–Crippen MR) is 130 cm³/mol. The number of likely N-dealkylation sites (tertiary alicyclic amines) is 1. The summed E-state index contributed by atoms with van der Waals surface area (Å²) in [7, 11) is 3.23. The maximum Gasteiger partial charge on any atom is 0.258 e. The number of benzene rings is 3. The molecule has 35 heavy (non-hydrogen) atoms. The highest BCUT2D eigenvalue weighted by Gasteiger charge is 2.46. The molecule has 0 unspecified atom stereocenters. The van der Waals surface area contributed by atoms with Crippen LogP contribution in [-0.4, -0.2) is 44.7 Å². The van der Waals surface area contributed by atoms with Crippen molar-refractivity contribution in [2.75, 3.05) is 38.8 Å². The fourth-order valence-corrected chi connectivity index (χ4v) is 5.33. The van der Waals surface area contributed by atoms with Gasteiger partial charge in [-0.25, -0.2) is 8.78 Å². The van der Waals surface area contributed by atoms with Crippen molar-refractivity contribution < 1.29 is 23.0 Å². The van der Waals surface area contributed by atoms with Crippen molar-refractivity contribution >= 4 is 11.6 Å². The average molecular weight is 479 g/mol. The van der Waals surface area contributed by atoms with Crippen LogP contribution in [0.3, 0.4) is 0 Å². The summed E-state index contributed by atoms with van der Waals surface area (Å²) in [6.07, 6.45) is 1.69. The number of fused-ring (bicyclic) bond motifs is 2. The lowest BCUT2D eigenvalue weighted by atomic mass is 9.74. The van der Waals surface area contributed by atoms with Gasteiger partial charge in [-0.1, -0.05) is 12.1 Å². The molecule has 1 fully saturated rings. The van der Waals surface area contributed by atoms with Crippen LogP contribution in [0.25, 0.3) is 0 Å². The number of methoxy groups -OCH3 is 2. The Morgan fingerprint density at radius 2 is 1.66 bits per heavy atom. The van der Waals surface area contributed by atoms with Crippen molar-refractivity contribution in [2.45, 2.75) is 24.8 Å². The normalized spacial score (nSPS) is 16.9. The summed E-state index contributed by atoms with van der Waals surface area (Å²) < 4.78 is 37.8. The van der Waals surface area contributed by atoms with Gasteiger partial charge in [0.2, 0.25) is 0 Å². The van der Waals surface area contributed by atoms with E-state index in [9.17, 15) is 13.6 Å². The number of piperidine rings is 1. The zero-order valence-electron chi connectivity index (χ0n) is 19.9. The van der Waals surface area contributed by atoms with Crippen molar-refractivity contribution in [2.24, 2.45) is 0 Å². The van der Waals surface area contributed by atoms with E-state index in [0.717, 1.165) is 48.5 Å². The SMILES string of the molecule is COc1cccc(C(=O)N2CC3(CCN(Cc4ccc(F)c(F)c4)CC3)c3cc(OC)ccc32)c1. The second kappa shape index (κ2) is 9.30. The molecule has 5 nitrogen and oxygen atoms in total. The van der Waals surface area contributed by atoms with E-state index >= 15 is 0 Å². The van der Waals surface area contributed by atoms with Crippen molar-refractivity contribution in [3.05, 3.63) is 89.0 Å². The third-order valence-corrected chi connectivity index (χ3v) is 7.29. The molecule has 3 aromatic rings. The minimum atomic E-state index is -0.830. The molecule has 0 saturated carbocycles. The molecule has 0 N–H and O–H groups in total. The van der Waals surface area contributed by atoms with E-state index in [4.69, 9.17) is 9.47 Å². The summed E-state index contributed by atoms with van der Waals surface area (Å²) in [4.78, 5) is 17.7. The van der Waals surface area contributed by atoms with Gasteiger partial charge in [0.05, 0.1) is 14.2 Å². The van der Waals surface area contributed by atoms with Gasteiger partial charge in [-0.3, -0.25) is 9.69 Å². The Morgan fingerprint density at radius 1 is 0.914 bits per heavy atom. The van der Waals surface area contributed by atoms with Crippen molar-refractivity contribution in [3.8, 4) is 11.5 Å². The van der Waals surface area contributed by atoms with E-state index in [1.807, 2.05) is 35.2 Å². The minimum absolute atomic E-state index is 0.0589. The van der Waals surface area contributed by atoms with Gasteiger partial charge in [-0.05, 0) is 85.6 Å². The first-order valence-corrected chi connectivity index (χ1v) is 11.7.